The van der Waals surface area contributed by atoms with Gasteiger partial charge in [0.2, 0.25) is 0 Å². The zero-order chi connectivity index (χ0) is 9.84. The van der Waals surface area contributed by atoms with Crippen molar-refractivity contribution in [1.82, 2.24) is 0 Å². The summed E-state index contributed by atoms with van der Waals surface area (Å²) in [5.41, 5.74) is 0.953. The Morgan fingerprint density at radius 2 is 2.31 bits per heavy atom. The topological polar surface area (TPSA) is 46.5 Å². The van der Waals surface area contributed by atoms with E-state index in [-0.39, 0.29) is 5.56 Å². The van der Waals surface area contributed by atoms with Crippen molar-refractivity contribution in [2.24, 2.45) is 0 Å². The molecule has 0 saturated carbocycles. The number of carbonyl (C=O) groups is 1. The highest BCUT2D eigenvalue weighted by Gasteiger charge is 2.09. The summed E-state index contributed by atoms with van der Waals surface area (Å²) in [6, 6.07) is 5.09. The van der Waals surface area contributed by atoms with Crippen LogP contribution in [0.3, 0.4) is 0 Å². The Morgan fingerprint density at radius 3 is 2.85 bits per heavy atom. The third-order valence-electron chi connectivity index (χ3n) is 1.60. The first-order valence-electron chi connectivity index (χ1n) is 3.66. The summed E-state index contributed by atoms with van der Waals surface area (Å²) < 4.78 is 5.63. The van der Waals surface area contributed by atoms with Gasteiger partial charge in [-0.25, -0.2) is 4.79 Å². The van der Waals surface area contributed by atoms with E-state index >= 15 is 0 Å². The molecule has 0 heterocycles. The Labute approximate surface area is 84.5 Å². The normalized spacial score (nSPS) is 10.0. The van der Waals surface area contributed by atoms with Gasteiger partial charge in [0.25, 0.3) is 0 Å². The molecule has 0 spiro atoms. The number of benzene rings is 1. The van der Waals surface area contributed by atoms with Gasteiger partial charge in [0, 0.05) is 11.6 Å². The van der Waals surface area contributed by atoms with Gasteiger partial charge in [-0.3, -0.25) is 0 Å². The molecule has 0 saturated heterocycles. The standard InChI is InChI=1S/C9H9BrO3/c1-13-5-6-2-3-7(10)4-8(6)9(11)12/h2-4H,5H2,1H3,(H,11,12). The molecule has 0 aliphatic rings. The minimum atomic E-state index is -0.937. The number of rotatable bonds is 3. The lowest BCUT2D eigenvalue weighted by Gasteiger charge is -2.04. The van der Waals surface area contributed by atoms with E-state index in [0.717, 1.165) is 4.47 Å². The molecule has 0 atom stereocenters. The molecular formula is C9H9BrO3. The second-order valence-corrected chi connectivity index (χ2v) is 3.46. The molecule has 3 nitrogen and oxygen atoms in total. The fourth-order valence-corrected chi connectivity index (χ4v) is 1.39. The summed E-state index contributed by atoms with van der Waals surface area (Å²) in [6.07, 6.45) is 0. The minimum Gasteiger partial charge on any atom is -0.478 e. The Balaban J connectivity index is 3.10. The second-order valence-electron chi connectivity index (χ2n) is 2.54. The molecule has 0 aromatic heterocycles. The predicted molar refractivity (Wildman–Crippen MR) is 51.8 cm³/mol. The molecule has 13 heavy (non-hydrogen) atoms. The van der Waals surface area contributed by atoms with Crippen molar-refractivity contribution in [3.63, 3.8) is 0 Å². The summed E-state index contributed by atoms with van der Waals surface area (Å²) in [4.78, 5) is 10.8. The number of ether oxygens (including phenoxy) is 1. The quantitative estimate of drug-likeness (QED) is 0.888. The van der Waals surface area contributed by atoms with E-state index in [4.69, 9.17) is 9.84 Å². The van der Waals surface area contributed by atoms with E-state index in [1.807, 2.05) is 0 Å². The monoisotopic (exact) mass is 244 g/mol. The molecule has 1 aromatic rings. The van der Waals surface area contributed by atoms with Crippen molar-refractivity contribution < 1.29 is 14.6 Å². The van der Waals surface area contributed by atoms with E-state index in [1.54, 1.807) is 18.2 Å². The molecular weight excluding hydrogens is 236 g/mol. The van der Waals surface area contributed by atoms with Crippen LogP contribution in [0.4, 0.5) is 0 Å². The summed E-state index contributed by atoms with van der Waals surface area (Å²) in [6.45, 7) is 0.314. The highest BCUT2D eigenvalue weighted by atomic mass is 79.9. The summed E-state index contributed by atoms with van der Waals surface area (Å²) >= 11 is 3.21. The summed E-state index contributed by atoms with van der Waals surface area (Å²) in [5.74, 6) is -0.937. The number of carboxylic acid groups (broad SMARTS) is 1. The zero-order valence-electron chi connectivity index (χ0n) is 7.08. The van der Waals surface area contributed by atoms with E-state index in [2.05, 4.69) is 15.9 Å². The molecule has 0 fully saturated rings. The van der Waals surface area contributed by atoms with E-state index in [9.17, 15) is 4.79 Å². The molecule has 4 heteroatoms. The summed E-state index contributed by atoms with van der Waals surface area (Å²) in [7, 11) is 1.54. The fourth-order valence-electron chi connectivity index (χ4n) is 1.03. The van der Waals surface area contributed by atoms with E-state index in [0.29, 0.717) is 12.2 Å². The van der Waals surface area contributed by atoms with E-state index in [1.165, 1.54) is 7.11 Å². The zero-order valence-corrected chi connectivity index (χ0v) is 8.67. The van der Waals surface area contributed by atoms with Crippen molar-refractivity contribution in [2.45, 2.75) is 6.61 Å². The van der Waals surface area contributed by atoms with Crippen LogP contribution >= 0.6 is 15.9 Å². The number of methoxy groups -OCH3 is 1. The average Bonchev–Trinajstić information content (AvgIpc) is 2.08. The Hall–Kier alpha value is -0.870. The lowest BCUT2D eigenvalue weighted by molar-refractivity contribution is 0.0691. The van der Waals surface area contributed by atoms with E-state index < -0.39 is 5.97 Å². The highest BCUT2D eigenvalue weighted by Crippen LogP contribution is 2.17. The maximum atomic E-state index is 10.8. The third-order valence-corrected chi connectivity index (χ3v) is 2.10. The smallest absolute Gasteiger partial charge is 0.336 e. The summed E-state index contributed by atoms with van der Waals surface area (Å²) in [5, 5.41) is 8.84. The first-order valence-corrected chi connectivity index (χ1v) is 4.45. The minimum absolute atomic E-state index is 0.274. The van der Waals surface area contributed by atoms with Crippen LogP contribution in [-0.2, 0) is 11.3 Å². The average molecular weight is 245 g/mol. The van der Waals surface area contributed by atoms with Gasteiger partial charge < -0.3 is 9.84 Å². The molecule has 0 aliphatic heterocycles. The van der Waals surface area contributed by atoms with Gasteiger partial charge in [-0.05, 0) is 17.7 Å². The molecule has 70 valence electrons. The second kappa shape index (κ2) is 4.39. The number of hydrogen-bond acceptors (Lipinski definition) is 2. The third kappa shape index (κ3) is 2.54. The molecule has 0 bridgehead atoms. The molecule has 1 N–H and O–H groups in total. The van der Waals surface area contributed by atoms with Crippen LogP contribution in [0.25, 0.3) is 0 Å². The maximum absolute atomic E-state index is 10.8. The maximum Gasteiger partial charge on any atom is 0.336 e. The van der Waals surface area contributed by atoms with Crippen LogP contribution in [0.5, 0.6) is 0 Å². The first kappa shape index (κ1) is 10.2. The first-order chi connectivity index (χ1) is 6.15. The van der Waals surface area contributed by atoms with Gasteiger partial charge in [0.1, 0.15) is 0 Å². The van der Waals surface area contributed by atoms with Crippen LogP contribution in [0.15, 0.2) is 22.7 Å². The molecule has 0 amide bonds. The lowest BCUT2D eigenvalue weighted by Crippen LogP contribution is -2.03. The van der Waals surface area contributed by atoms with Crippen molar-refractivity contribution >= 4 is 21.9 Å². The van der Waals surface area contributed by atoms with Crippen LogP contribution < -0.4 is 0 Å². The molecule has 0 aliphatic carbocycles. The SMILES string of the molecule is COCc1ccc(Br)cc1C(=O)O. The van der Waals surface area contributed by atoms with Gasteiger partial charge in [-0.1, -0.05) is 22.0 Å². The van der Waals surface area contributed by atoms with Crippen molar-refractivity contribution in [2.75, 3.05) is 7.11 Å². The highest BCUT2D eigenvalue weighted by molar-refractivity contribution is 9.10. The van der Waals surface area contributed by atoms with Crippen LogP contribution in [0, 0.1) is 0 Å². The van der Waals surface area contributed by atoms with Crippen molar-refractivity contribution in [1.29, 1.82) is 0 Å². The van der Waals surface area contributed by atoms with Crippen molar-refractivity contribution in [3.05, 3.63) is 33.8 Å². The van der Waals surface area contributed by atoms with Gasteiger partial charge in [-0.15, -0.1) is 0 Å². The van der Waals surface area contributed by atoms with Crippen LogP contribution in [0.1, 0.15) is 15.9 Å². The lowest BCUT2D eigenvalue weighted by atomic mass is 10.1. The van der Waals surface area contributed by atoms with Gasteiger partial charge in [0.05, 0.1) is 12.2 Å². The van der Waals surface area contributed by atoms with Gasteiger partial charge in [-0.2, -0.15) is 0 Å². The molecule has 1 aromatic carbocycles. The van der Waals surface area contributed by atoms with Crippen LogP contribution in [-0.4, -0.2) is 18.2 Å². The number of carboxylic acids is 1. The van der Waals surface area contributed by atoms with Gasteiger partial charge in [0.15, 0.2) is 0 Å². The number of hydrogen-bond donors (Lipinski definition) is 1. The number of aromatic carboxylic acids is 1. The fraction of sp³-hybridized carbons (Fsp3) is 0.222. The van der Waals surface area contributed by atoms with Crippen LogP contribution in [0.2, 0.25) is 0 Å². The Bertz CT molecular complexity index is 323. The Morgan fingerprint density at radius 1 is 1.62 bits per heavy atom. The molecule has 0 radical (unpaired) electrons. The Kier molecular flexibility index (Phi) is 3.45. The van der Waals surface area contributed by atoms with Gasteiger partial charge >= 0.3 is 5.97 Å². The molecule has 1 rings (SSSR count). The number of halogens is 1. The predicted octanol–water partition coefficient (Wildman–Crippen LogP) is 2.29. The largest absolute Gasteiger partial charge is 0.478 e. The molecule has 0 unspecified atom stereocenters. The van der Waals surface area contributed by atoms with Crippen molar-refractivity contribution in [3.8, 4) is 0 Å².